The Morgan fingerprint density at radius 2 is 1.90 bits per heavy atom. The largest absolute Gasteiger partial charge is 0.398 e. The fourth-order valence-electron chi connectivity index (χ4n) is 2.08. The molecule has 0 radical (unpaired) electrons. The van der Waals surface area contributed by atoms with Crippen LogP contribution in [-0.2, 0) is 16.4 Å². The molecule has 3 N–H and O–H groups in total. The molecule has 0 fully saturated rings. The molecule has 4 nitrogen and oxygen atoms in total. The van der Waals surface area contributed by atoms with E-state index in [9.17, 15) is 8.42 Å². The molecule has 0 heterocycles. The van der Waals surface area contributed by atoms with E-state index in [1.54, 1.807) is 6.07 Å². The topological polar surface area (TPSA) is 72.2 Å². The molecule has 0 unspecified atom stereocenters. The molecule has 2 aromatic carbocycles. The van der Waals surface area contributed by atoms with Gasteiger partial charge >= 0.3 is 0 Å². The van der Waals surface area contributed by atoms with Crippen molar-refractivity contribution in [2.24, 2.45) is 0 Å². The van der Waals surface area contributed by atoms with Crippen LogP contribution in [0.1, 0.15) is 11.1 Å². The lowest BCUT2D eigenvalue weighted by atomic mass is 10.1. The second-order valence-corrected chi connectivity index (χ2v) is 6.91. The van der Waals surface area contributed by atoms with Gasteiger partial charge in [-0.2, -0.15) is 0 Å². The van der Waals surface area contributed by atoms with Gasteiger partial charge in [0.2, 0.25) is 10.0 Å². The van der Waals surface area contributed by atoms with E-state index in [0.717, 1.165) is 11.1 Å². The Hall–Kier alpha value is -1.56. The molecular weight excluding hydrogens is 308 g/mol. The van der Waals surface area contributed by atoms with E-state index in [0.29, 0.717) is 6.42 Å². The van der Waals surface area contributed by atoms with Gasteiger partial charge in [0.15, 0.2) is 0 Å². The molecule has 0 atom stereocenters. The zero-order valence-electron chi connectivity index (χ0n) is 11.6. The van der Waals surface area contributed by atoms with Crippen LogP contribution < -0.4 is 10.5 Å². The van der Waals surface area contributed by atoms with Crippen molar-refractivity contribution in [1.29, 1.82) is 0 Å². The first-order chi connectivity index (χ1) is 9.90. The number of nitrogens with two attached hydrogens (primary N) is 1. The lowest BCUT2D eigenvalue weighted by Gasteiger charge is -2.10. The highest BCUT2D eigenvalue weighted by atomic mass is 35.5. The molecule has 0 saturated heterocycles. The van der Waals surface area contributed by atoms with Crippen molar-refractivity contribution < 1.29 is 8.42 Å². The predicted octanol–water partition coefficient (Wildman–Crippen LogP) is 2.75. The van der Waals surface area contributed by atoms with E-state index < -0.39 is 10.0 Å². The summed E-state index contributed by atoms with van der Waals surface area (Å²) < 4.78 is 27.0. The highest BCUT2D eigenvalue weighted by molar-refractivity contribution is 7.89. The second kappa shape index (κ2) is 6.47. The van der Waals surface area contributed by atoms with Gasteiger partial charge in [-0.3, -0.25) is 0 Å². The average molecular weight is 325 g/mol. The van der Waals surface area contributed by atoms with Gasteiger partial charge in [0, 0.05) is 6.54 Å². The van der Waals surface area contributed by atoms with Crippen LogP contribution in [0.15, 0.2) is 47.4 Å². The van der Waals surface area contributed by atoms with Crippen molar-refractivity contribution in [1.82, 2.24) is 4.72 Å². The molecule has 0 amide bonds. The summed E-state index contributed by atoms with van der Waals surface area (Å²) in [5.41, 5.74) is 8.07. The third-order valence-corrected chi connectivity index (χ3v) is 5.06. The van der Waals surface area contributed by atoms with Crippen LogP contribution in [0.3, 0.4) is 0 Å². The molecule has 0 bridgehead atoms. The fourth-order valence-corrected chi connectivity index (χ4v) is 3.78. The molecule has 2 rings (SSSR count). The van der Waals surface area contributed by atoms with Crippen LogP contribution in [0, 0.1) is 6.92 Å². The summed E-state index contributed by atoms with van der Waals surface area (Å²) in [6.07, 6.45) is 0.602. The number of benzene rings is 2. The summed E-state index contributed by atoms with van der Waals surface area (Å²) in [6, 6.07) is 12.6. The van der Waals surface area contributed by atoms with Gasteiger partial charge in [-0.1, -0.05) is 47.5 Å². The van der Waals surface area contributed by atoms with E-state index >= 15 is 0 Å². The molecule has 0 aliphatic carbocycles. The first kappa shape index (κ1) is 15.8. The summed E-state index contributed by atoms with van der Waals surface area (Å²) in [6.45, 7) is 2.29. The van der Waals surface area contributed by atoms with Crippen molar-refractivity contribution in [2.75, 3.05) is 12.3 Å². The van der Waals surface area contributed by atoms with Gasteiger partial charge in [-0.25, -0.2) is 13.1 Å². The van der Waals surface area contributed by atoms with Crippen molar-refractivity contribution >= 4 is 27.3 Å². The second-order valence-electron chi connectivity index (χ2n) is 4.80. The number of anilines is 1. The predicted molar refractivity (Wildman–Crippen MR) is 85.9 cm³/mol. The van der Waals surface area contributed by atoms with Crippen LogP contribution in [0.5, 0.6) is 0 Å². The minimum Gasteiger partial charge on any atom is -0.398 e. The Kier molecular flexibility index (Phi) is 4.88. The van der Waals surface area contributed by atoms with Crippen molar-refractivity contribution in [3.63, 3.8) is 0 Å². The summed E-state index contributed by atoms with van der Waals surface area (Å²) in [5.74, 6) is 0. The maximum absolute atomic E-state index is 12.3. The maximum atomic E-state index is 12.3. The number of nitrogen functional groups attached to an aromatic ring is 1. The van der Waals surface area contributed by atoms with Gasteiger partial charge in [-0.15, -0.1) is 0 Å². The smallest absolute Gasteiger partial charge is 0.244 e. The minimum atomic E-state index is -3.71. The molecule has 0 spiro atoms. The number of hydrogen-bond donors (Lipinski definition) is 2. The first-order valence-corrected chi connectivity index (χ1v) is 8.35. The molecule has 2 aromatic rings. The standard InChI is InChI=1S/C15H17ClN2O2S/c1-11-4-2-5-12(10-11)8-9-18-21(19,20)15-13(16)6-3-7-14(15)17/h2-7,10,18H,8-9,17H2,1H3. The maximum Gasteiger partial charge on any atom is 0.244 e. The molecular formula is C15H17ClN2O2S. The Balaban J connectivity index is 2.09. The molecule has 0 aliphatic rings. The van der Waals surface area contributed by atoms with Gasteiger partial charge < -0.3 is 5.73 Å². The Morgan fingerprint density at radius 1 is 1.19 bits per heavy atom. The molecule has 0 aliphatic heterocycles. The molecule has 0 saturated carbocycles. The van der Waals surface area contributed by atoms with Crippen LogP contribution >= 0.6 is 11.6 Å². The molecule has 112 valence electrons. The highest BCUT2D eigenvalue weighted by Gasteiger charge is 2.20. The van der Waals surface area contributed by atoms with Gasteiger partial charge in [0.05, 0.1) is 10.7 Å². The van der Waals surface area contributed by atoms with E-state index in [-0.39, 0.29) is 22.2 Å². The summed E-state index contributed by atoms with van der Waals surface area (Å²) in [4.78, 5) is -0.0593. The van der Waals surface area contributed by atoms with Crippen LogP contribution in [0.4, 0.5) is 5.69 Å². The van der Waals surface area contributed by atoms with Crippen LogP contribution in [-0.4, -0.2) is 15.0 Å². The van der Waals surface area contributed by atoms with Crippen molar-refractivity contribution in [2.45, 2.75) is 18.2 Å². The van der Waals surface area contributed by atoms with E-state index in [1.165, 1.54) is 12.1 Å². The SMILES string of the molecule is Cc1cccc(CCNS(=O)(=O)c2c(N)cccc2Cl)c1. The fraction of sp³-hybridized carbons (Fsp3) is 0.200. The van der Waals surface area contributed by atoms with Crippen molar-refractivity contribution in [3.8, 4) is 0 Å². The van der Waals surface area contributed by atoms with Crippen LogP contribution in [0.2, 0.25) is 5.02 Å². The zero-order valence-corrected chi connectivity index (χ0v) is 13.2. The van der Waals surface area contributed by atoms with Gasteiger partial charge in [0.25, 0.3) is 0 Å². The zero-order chi connectivity index (χ0) is 15.5. The number of hydrogen-bond acceptors (Lipinski definition) is 3. The normalized spacial score (nSPS) is 11.5. The van der Waals surface area contributed by atoms with Gasteiger partial charge in [-0.05, 0) is 31.0 Å². The summed E-state index contributed by atoms with van der Waals surface area (Å²) in [5, 5.41) is 0.123. The summed E-state index contributed by atoms with van der Waals surface area (Å²) in [7, 11) is -3.71. The monoisotopic (exact) mass is 324 g/mol. The third-order valence-electron chi connectivity index (χ3n) is 3.05. The highest BCUT2D eigenvalue weighted by Crippen LogP contribution is 2.26. The Labute approximate surface area is 130 Å². The van der Waals surface area contributed by atoms with Crippen molar-refractivity contribution in [3.05, 3.63) is 58.6 Å². The van der Waals surface area contributed by atoms with E-state index in [2.05, 4.69) is 4.72 Å². The Morgan fingerprint density at radius 3 is 2.57 bits per heavy atom. The lowest BCUT2D eigenvalue weighted by molar-refractivity contribution is 0.582. The summed E-state index contributed by atoms with van der Waals surface area (Å²) >= 11 is 5.93. The molecule has 21 heavy (non-hydrogen) atoms. The minimum absolute atomic E-state index is 0.0593. The quantitative estimate of drug-likeness (QED) is 0.831. The number of rotatable bonds is 5. The lowest BCUT2D eigenvalue weighted by Crippen LogP contribution is -2.27. The first-order valence-electron chi connectivity index (χ1n) is 6.49. The number of aryl methyl sites for hydroxylation is 1. The van der Waals surface area contributed by atoms with E-state index in [4.69, 9.17) is 17.3 Å². The Bertz CT molecular complexity index is 725. The number of nitrogens with one attached hydrogen (secondary N) is 1. The molecule has 0 aromatic heterocycles. The third kappa shape index (κ3) is 3.97. The van der Waals surface area contributed by atoms with Crippen LogP contribution in [0.25, 0.3) is 0 Å². The number of halogens is 1. The average Bonchev–Trinajstić information content (AvgIpc) is 2.38. The van der Waals surface area contributed by atoms with Gasteiger partial charge in [0.1, 0.15) is 4.90 Å². The number of sulfonamides is 1. The molecule has 6 heteroatoms. The van der Waals surface area contributed by atoms with E-state index in [1.807, 2.05) is 31.2 Å².